The molecule has 1 fully saturated rings. The lowest BCUT2D eigenvalue weighted by Gasteiger charge is -2.29. The Hall–Kier alpha value is -3.54. The van der Waals surface area contributed by atoms with Gasteiger partial charge in [-0.1, -0.05) is 12.1 Å². The summed E-state index contributed by atoms with van der Waals surface area (Å²) in [5, 5.41) is 2.92. The smallest absolute Gasteiger partial charge is 0.339 e. The Balaban J connectivity index is 1.66. The molecule has 6 nitrogen and oxygen atoms in total. The number of esters is 1. The van der Waals surface area contributed by atoms with Crippen molar-refractivity contribution in [2.24, 2.45) is 0 Å². The van der Waals surface area contributed by atoms with Crippen LogP contribution in [0.15, 0.2) is 59.2 Å². The molecule has 3 aromatic rings. The highest BCUT2D eigenvalue weighted by atomic mass is 16.5. The van der Waals surface area contributed by atoms with E-state index in [2.05, 4.69) is 16.3 Å². The van der Waals surface area contributed by atoms with E-state index in [1.54, 1.807) is 30.5 Å². The van der Waals surface area contributed by atoms with E-state index in [9.17, 15) is 9.59 Å². The highest BCUT2D eigenvalue weighted by molar-refractivity contribution is 6.09. The molecule has 0 spiro atoms. The number of hydrogen-bond acceptors (Lipinski definition) is 5. The SMILES string of the molecule is COC(=O)c1ccc(-c2ccco2)cc1NC(=O)c1cc(N2CCCCC2)ccc1C. The zero-order chi connectivity index (χ0) is 21.8. The molecule has 160 valence electrons. The van der Waals surface area contributed by atoms with Crippen molar-refractivity contribution in [3.63, 3.8) is 0 Å². The van der Waals surface area contributed by atoms with Gasteiger partial charge in [-0.05, 0) is 68.1 Å². The number of piperidine rings is 1. The predicted octanol–water partition coefficient (Wildman–Crippen LogP) is 5.28. The average molecular weight is 418 g/mol. The monoisotopic (exact) mass is 418 g/mol. The molecule has 0 radical (unpaired) electrons. The van der Waals surface area contributed by atoms with Gasteiger partial charge in [0.05, 0.1) is 24.6 Å². The van der Waals surface area contributed by atoms with Crippen molar-refractivity contribution in [3.05, 3.63) is 71.5 Å². The van der Waals surface area contributed by atoms with Gasteiger partial charge in [-0.3, -0.25) is 4.79 Å². The lowest BCUT2D eigenvalue weighted by Crippen LogP contribution is -2.29. The Bertz CT molecular complexity index is 1080. The summed E-state index contributed by atoms with van der Waals surface area (Å²) in [4.78, 5) is 27.8. The number of furan rings is 1. The molecule has 1 aromatic heterocycles. The lowest BCUT2D eigenvalue weighted by molar-refractivity contribution is 0.0602. The van der Waals surface area contributed by atoms with Crippen molar-refractivity contribution in [2.45, 2.75) is 26.2 Å². The van der Waals surface area contributed by atoms with E-state index in [-0.39, 0.29) is 11.5 Å². The van der Waals surface area contributed by atoms with E-state index < -0.39 is 5.97 Å². The van der Waals surface area contributed by atoms with E-state index in [4.69, 9.17) is 9.15 Å². The molecule has 2 heterocycles. The van der Waals surface area contributed by atoms with E-state index in [1.807, 2.05) is 25.1 Å². The maximum absolute atomic E-state index is 13.2. The molecule has 1 saturated heterocycles. The van der Waals surface area contributed by atoms with Gasteiger partial charge < -0.3 is 19.4 Å². The number of carbonyl (C=O) groups excluding carboxylic acids is 2. The topological polar surface area (TPSA) is 71.8 Å². The lowest BCUT2D eigenvalue weighted by atomic mass is 10.0. The predicted molar refractivity (Wildman–Crippen MR) is 121 cm³/mol. The molecule has 31 heavy (non-hydrogen) atoms. The Morgan fingerprint density at radius 1 is 1.00 bits per heavy atom. The van der Waals surface area contributed by atoms with Crippen LogP contribution in [0.1, 0.15) is 45.5 Å². The fourth-order valence-corrected chi connectivity index (χ4v) is 3.92. The summed E-state index contributed by atoms with van der Waals surface area (Å²) in [5.74, 6) is -0.131. The van der Waals surface area contributed by atoms with Gasteiger partial charge in [0.15, 0.2) is 0 Å². The first-order valence-corrected chi connectivity index (χ1v) is 10.5. The number of amides is 1. The fraction of sp³-hybridized carbons (Fsp3) is 0.280. The average Bonchev–Trinajstić information content (AvgIpc) is 3.34. The molecule has 1 aliphatic heterocycles. The summed E-state index contributed by atoms with van der Waals surface area (Å²) >= 11 is 0. The number of rotatable bonds is 5. The van der Waals surface area contributed by atoms with Crippen LogP contribution >= 0.6 is 0 Å². The second kappa shape index (κ2) is 9.08. The molecule has 0 bridgehead atoms. The minimum absolute atomic E-state index is 0.266. The van der Waals surface area contributed by atoms with E-state index in [1.165, 1.54) is 13.5 Å². The van der Waals surface area contributed by atoms with Crippen LogP contribution in [0.25, 0.3) is 11.3 Å². The molecule has 0 unspecified atom stereocenters. The number of benzene rings is 2. The molecule has 0 atom stereocenters. The molecular formula is C25H26N2O4. The second-order valence-corrected chi connectivity index (χ2v) is 7.73. The first-order chi connectivity index (χ1) is 15.1. The van der Waals surface area contributed by atoms with Crippen molar-refractivity contribution in [1.82, 2.24) is 0 Å². The van der Waals surface area contributed by atoms with Crippen molar-refractivity contribution in [1.29, 1.82) is 0 Å². The van der Waals surface area contributed by atoms with Gasteiger partial charge in [-0.15, -0.1) is 0 Å². The fourth-order valence-electron chi connectivity index (χ4n) is 3.92. The number of methoxy groups -OCH3 is 1. The molecule has 6 heteroatoms. The quantitative estimate of drug-likeness (QED) is 0.571. The maximum Gasteiger partial charge on any atom is 0.339 e. The van der Waals surface area contributed by atoms with E-state index in [0.717, 1.165) is 42.7 Å². The molecular weight excluding hydrogens is 392 g/mol. The number of carbonyl (C=O) groups is 2. The zero-order valence-corrected chi connectivity index (χ0v) is 17.8. The van der Waals surface area contributed by atoms with Gasteiger partial charge in [0, 0.05) is 29.9 Å². The summed E-state index contributed by atoms with van der Waals surface area (Å²) in [6.07, 6.45) is 5.16. The summed E-state index contributed by atoms with van der Waals surface area (Å²) in [6, 6.07) is 14.7. The molecule has 0 saturated carbocycles. The van der Waals surface area contributed by atoms with Gasteiger partial charge in [0.25, 0.3) is 5.91 Å². The summed E-state index contributed by atoms with van der Waals surface area (Å²) in [7, 11) is 1.32. The van der Waals surface area contributed by atoms with Crippen LogP contribution in [0, 0.1) is 6.92 Å². The van der Waals surface area contributed by atoms with Crippen LogP contribution in [-0.4, -0.2) is 32.1 Å². The Morgan fingerprint density at radius 3 is 2.52 bits per heavy atom. The number of ether oxygens (including phenoxy) is 1. The van der Waals surface area contributed by atoms with Crippen molar-refractivity contribution < 1.29 is 18.7 Å². The molecule has 0 aliphatic carbocycles. The highest BCUT2D eigenvalue weighted by Gasteiger charge is 2.19. The standard InChI is InChI=1S/C25H26N2O4/c1-17-8-10-19(27-12-4-3-5-13-27)16-21(17)24(28)26-22-15-18(23-7-6-14-31-23)9-11-20(22)25(29)30-2/h6-11,14-16H,3-5,12-13H2,1-2H3,(H,26,28). The summed E-state index contributed by atoms with van der Waals surface area (Å²) in [6.45, 7) is 3.92. The maximum atomic E-state index is 13.2. The van der Waals surface area contributed by atoms with Crippen molar-refractivity contribution >= 4 is 23.3 Å². The minimum Gasteiger partial charge on any atom is -0.465 e. The Kier molecular flexibility index (Phi) is 6.07. The van der Waals surface area contributed by atoms with E-state index >= 15 is 0 Å². The van der Waals surface area contributed by atoms with Gasteiger partial charge in [0.1, 0.15) is 5.76 Å². The molecule has 2 aromatic carbocycles. The highest BCUT2D eigenvalue weighted by Crippen LogP contribution is 2.28. The van der Waals surface area contributed by atoms with Gasteiger partial charge >= 0.3 is 5.97 Å². The molecule has 4 rings (SSSR count). The third-order valence-corrected chi connectivity index (χ3v) is 5.67. The number of hydrogen-bond donors (Lipinski definition) is 1. The number of nitrogens with one attached hydrogen (secondary N) is 1. The van der Waals surface area contributed by atoms with Gasteiger partial charge in [-0.2, -0.15) is 0 Å². The Morgan fingerprint density at radius 2 is 1.81 bits per heavy atom. The third kappa shape index (κ3) is 4.48. The zero-order valence-electron chi connectivity index (χ0n) is 17.8. The van der Waals surface area contributed by atoms with Gasteiger partial charge in [-0.25, -0.2) is 4.79 Å². The largest absolute Gasteiger partial charge is 0.465 e. The summed E-state index contributed by atoms with van der Waals surface area (Å²) < 4.78 is 10.4. The normalized spacial score (nSPS) is 13.7. The van der Waals surface area contributed by atoms with Crippen LogP contribution in [-0.2, 0) is 4.74 Å². The first kappa shape index (κ1) is 20.7. The van der Waals surface area contributed by atoms with Crippen LogP contribution in [0.2, 0.25) is 0 Å². The third-order valence-electron chi connectivity index (χ3n) is 5.67. The second-order valence-electron chi connectivity index (χ2n) is 7.73. The van der Waals surface area contributed by atoms with Crippen LogP contribution < -0.4 is 10.2 Å². The molecule has 1 aliphatic rings. The van der Waals surface area contributed by atoms with Crippen LogP contribution in [0.5, 0.6) is 0 Å². The minimum atomic E-state index is -0.514. The van der Waals surface area contributed by atoms with Crippen molar-refractivity contribution in [2.75, 3.05) is 30.4 Å². The van der Waals surface area contributed by atoms with Crippen LogP contribution in [0.3, 0.4) is 0 Å². The molecule has 1 N–H and O–H groups in total. The van der Waals surface area contributed by atoms with Gasteiger partial charge in [0.2, 0.25) is 0 Å². The molecule has 1 amide bonds. The number of aryl methyl sites for hydroxylation is 1. The number of nitrogens with zero attached hydrogens (tertiary/aromatic N) is 1. The Labute approximate surface area is 181 Å². The number of anilines is 2. The van der Waals surface area contributed by atoms with Crippen molar-refractivity contribution in [3.8, 4) is 11.3 Å². The first-order valence-electron chi connectivity index (χ1n) is 10.5. The van der Waals surface area contributed by atoms with E-state index in [0.29, 0.717) is 17.0 Å². The van der Waals surface area contributed by atoms with Crippen LogP contribution in [0.4, 0.5) is 11.4 Å². The summed E-state index contributed by atoms with van der Waals surface area (Å²) in [5.41, 5.74) is 3.94.